The second kappa shape index (κ2) is 5.25. The number of carbonyl (C=O) groups is 1. The first kappa shape index (κ1) is 15.0. The van der Waals surface area contributed by atoms with Crippen molar-refractivity contribution in [2.24, 2.45) is 17.3 Å². The minimum atomic E-state index is -0.140. The summed E-state index contributed by atoms with van der Waals surface area (Å²) in [5.41, 5.74) is 3.12. The second-order valence-corrected chi connectivity index (χ2v) is 8.16. The highest BCUT2D eigenvalue weighted by Crippen LogP contribution is 2.61. The van der Waals surface area contributed by atoms with E-state index in [1.54, 1.807) is 0 Å². The molecule has 0 aliphatic heterocycles. The van der Waals surface area contributed by atoms with Gasteiger partial charge in [-0.25, -0.2) is 0 Å². The smallest absolute Gasteiger partial charge is 0.302 e. The molecule has 124 valence electrons. The van der Waals surface area contributed by atoms with E-state index in [0.29, 0.717) is 28.9 Å². The highest BCUT2D eigenvalue weighted by atomic mass is 16.5. The molecule has 1 aromatic carbocycles. The molecule has 3 heteroatoms. The predicted molar refractivity (Wildman–Crippen MR) is 88.3 cm³/mol. The predicted octanol–water partition coefficient (Wildman–Crippen LogP) is 4.18. The standard InChI is InChI=1S/C20H26O3/c1-12(21)23-15-10-19-18-5-3-13-9-14(22)4-6-16(13)17(18)7-8-20(19,2)11-15/h4,6,9,15,17-19,22H,3,5,7-8,10-11H2,1-2H3/t15-,17+,18-,19+,20-/m1/s1. The normalized spacial score (nSPS) is 38.3. The van der Waals surface area contributed by atoms with Gasteiger partial charge in [-0.3, -0.25) is 4.79 Å². The van der Waals surface area contributed by atoms with Gasteiger partial charge < -0.3 is 9.84 Å². The van der Waals surface area contributed by atoms with Crippen molar-refractivity contribution in [3.8, 4) is 5.75 Å². The Morgan fingerprint density at radius 1 is 1.35 bits per heavy atom. The summed E-state index contributed by atoms with van der Waals surface area (Å²) in [5, 5.41) is 9.75. The number of carbonyl (C=O) groups excluding carboxylic acids is 1. The quantitative estimate of drug-likeness (QED) is 0.791. The van der Waals surface area contributed by atoms with E-state index in [1.807, 2.05) is 12.1 Å². The molecule has 2 fully saturated rings. The molecule has 0 spiro atoms. The Hall–Kier alpha value is -1.51. The fourth-order valence-corrected chi connectivity index (χ4v) is 5.89. The summed E-state index contributed by atoms with van der Waals surface area (Å²) < 4.78 is 5.56. The van der Waals surface area contributed by atoms with Gasteiger partial charge in [-0.2, -0.15) is 0 Å². The molecule has 2 saturated carbocycles. The van der Waals surface area contributed by atoms with Crippen molar-refractivity contribution in [3.05, 3.63) is 29.3 Å². The van der Waals surface area contributed by atoms with Crippen LogP contribution in [0.5, 0.6) is 5.75 Å². The van der Waals surface area contributed by atoms with Gasteiger partial charge in [0.15, 0.2) is 0 Å². The van der Waals surface area contributed by atoms with Crippen molar-refractivity contribution in [3.63, 3.8) is 0 Å². The highest BCUT2D eigenvalue weighted by molar-refractivity contribution is 5.66. The van der Waals surface area contributed by atoms with E-state index in [9.17, 15) is 9.90 Å². The first-order chi connectivity index (χ1) is 11.0. The molecular weight excluding hydrogens is 288 g/mol. The largest absolute Gasteiger partial charge is 0.508 e. The maximum Gasteiger partial charge on any atom is 0.302 e. The number of phenolic OH excluding ortho intramolecular Hbond substituents is 1. The van der Waals surface area contributed by atoms with Gasteiger partial charge in [-0.05, 0) is 85.0 Å². The first-order valence-electron chi connectivity index (χ1n) is 8.95. The van der Waals surface area contributed by atoms with Gasteiger partial charge in [0, 0.05) is 6.92 Å². The third-order valence-electron chi connectivity index (χ3n) is 6.77. The van der Waals surface area contributed by atoms with Gasteiger partial charge in [0.05, 0.1) is 0 Å². The molecule has 4 rings (SSSR count). The average Bonchev–Trinajstić information content (AvgIpc) is 2.81. The number of aromatic hydroxyl groups is 1. The summed E-state index contributed by atoms with van der Waals surface area (Å²) in [6, 6.07) is 5.93. The van der Waals surface area contributed by atoms with E-state index in [4.69, 9.17) is 4.74 Å². The van der Waals surface area contributed by atoms with E-state index in [-0.39, 0.29) is 12.1 Å². The van der Waals surface area contributed by atoms with E-state index >= 15 is 0 Å². The zero-order chi connectivity index (χ0) is 16.2. The topological polar surface area (TPSA) is 46.5 Å². The van der Waals surface area contributed by atoms with E-state index in [1.165, 1.54) is 37.3 Å². The minimum Gasteiger partial charge on any atom is -0.508 e. The Balaban J connectivity index is 1.61. The molecular formula is C20H26O3. The Labute approximate surface area is 138 Å². The molecule has 1 aromatic rings. The molecule has 5 atom stereocenters. The zero-order valence-corrected chi connectivity index (χ0v) is 14.0. The number of esters is 1. The van der Waals surface area contributed by atoms with Gasteiger partial charge >= 0.3 is 5.97 Å². The monoisotopic (exact) mass is 314 g/mol. The Morgan fingerprint density at radius 2 is 2.17 bits per heavy atom. The van der Waals surface area contributed by atoms with Crippen LogP contribution >= 0.6 is 0 Å². The maximum atomic E-state index is 11.3. The Morgan fingerprint density at radius 3 is 2.96 bits per heavy atom. The van der Waals surface area contributed by atoms with Crippen LogP contribution in [-0.4, -0.2) is 17.2 Å². The minimum absolute atomic E-state index is 0.113. The lowest BCUT2D eigenvalue weighted by Gasteiger charge is -2.49. The zero-order valence-electron chi connectivity index (χ0n) is 14.0. The van der Waals surface area contributed by atoms with E-state index < -0.39 is 0 Å². The third-order valence-corrected chi connectivity index (χ3v) is 6.77. The molecule has 3 nitrogen and oxygen atoms in total. The number of phenols is 1. The van der Waals surface area contributed by atoms with Crippen molar-refractivity contribution in [2.45, 2.75) is 64.4 Å². The summed E-state index contributed by atoms with van der Waals surface area (Å²) in [6.45, 7) is 3.93. The van der Waals surface area contributed by atoms with Crippen LogP contribution in [0.2, 0.25) is 0 Å². The number of hydrogen-bond acceptors (Lipinski definition) is 3. The van der Waals surface area contributed by atoms with Crippen LogP contribution < -0.4 is 0 Å². The molecule has 0 bridgehead atoms. The fraction of sp³-hybridized carbons (Fsp3) is 0.650. The SMILES string of the molecule is CC(=O)O[C@@H]1C[C@H]2[C@@H]3CCc4cc(O)ccc4[C@@H]3CC[C@]2(C)C1. The van der Waals surface area contributed by atoms with Gasteiger partial charge in [0.1, 0.15) is 11.9 Å². The van der Waals surface area contributed by atoms with Crippen molar-refractivity contribution in [1.82, 2.24) is 0 Å². The van der Waals surface area contributed by atoms with Crippen molar-refractivity contribution in [1.29, 1.82) is 0 Å². The fourth-order valence-electron chi connectivity index (χ4n) is 5.89. The summed E-state index contributed by atoms with van der Waals surface area (Å²) in [7, 11) is 0. The molecule has 0 heterocycles. The van der Waals surface area contributed by atoms with Crippen LogP contribution in [-0.2, 0) is 16.0 Å². The molecule has 0 amide bonds. The Kier molecular flexibility index (Phi) is 3.44. The lowest BCUT2D eigenvalue weighted by Crippen LogP contribution is -2.39. The van der Waals surface area contributed by atoms with Gasteiger partial charge in [-0.15, -0.1) is 0 Å². The molecule has 3 aliphatic rings. The number of benzene rings is 1. The summed E-state index contributed by atoms with van der Waals surface area (Å²) in [5.74, 6) is 2.23. The average molecular weight is 314 g/mol. The molecule has 0 saturated heterocycles. The van der Waals surface area contributed by atoms with Crippen molar-refractivity contribution < 1.29 is 14.6 Å². The van der Waals surface area contributed by atoms with Crippen LogP contribution in [0.3, 0.4) is 0 Å². The number of rotatable bonds is 1. The van der Waals surface area contributed by atoms with Crippen molar-refractivity contribution >= 4 is 5.97 Å². The second-order valence-electron chi connectivity index (χ2n) is 8.16. The number of fused-ring (bicyclic) bond motifs is 5. The summed E-state index contributed by atoms with van der Waals surface area (Å²) >= 11 is 0. The van der Waals surface area contributed by atoms with Crippen LogP contribution in [0.4, 0.5) is 0 Å². The molecule has 0 aromatic heterocycles. The summed E-state index contributed by atoms with van der Waals surface area (Å²) in [6.07, 6.45) is 6.89. The third kappa shape index (κ3) is 2.45. The molecule has 0 unspecified atom stereocenters. The number of aryl methyl sites for hydroxylation is 1. The van der Waals surface area contributed by atoms with E-state index in [0.717, 1.165) is 19.3 Å². The van der Waals surface area contributed by atoms with Crippen molar-refractivity contribution in [2.75, 3.05) is 0 Å². The van der Waals surface area contributed by atoms with Crippen LogP contribution in [0, 0.1) is 17.3 Å². The highest BCUT2D eigenvalue weighted by Gasteiger charge is 2.53. The maximum absolute atomic E-state index is 11.3. The van der Waals surface area contributed by atoms with Gasteiger partial charge in [0.25, 0.3) is 0 Å². The van der Waals surface area contributed by atoms with Crippen LogP contribution in [0.1, 0.15) is 63.0 Å². The molecule has 23 heavy (non-hydrogen) atoms. The number of hydrogen-bond donors (Lipinski definition) is 1. The first-order valence-corrected chi connectivity index (χ1v) is 8.95. The van der Waals surface area contributed by atoms with Gasteiger partial charge in [-0.1, -0.05) is 13.0 Å². The van der Waals surface area contributed by atoms with Gasteiger partial charge in [0.2, 0.25) is 0 Å². The van der Waals surface area contributed by atoms with Crippen LogP contribution in [0.15, 0.2) is 18.2 Å². The molecule has 1 N–H and O–H groups in total. The lowest BCUT2D eigenvalue weighted by atomic mass is 9.56. The molecule has 3 aliphatic carbocycles. The lowest BCUT2D eigenvalue weighted by molar-refractivity contribution is -0.146. The summed E-state index contributed by atoms with van der Waals surface area (Å²) in [4.78, 5) is 11.3. The van der Waals surface area contributed by atoms with E-state index in [2.05, 4.69) is 13.0 Å². The number of ether oxygens (including phenoxy) is 1. The van der Waals surface area contributed by atoms with Crippen LogP contribution in [0.25, 0.3) is 0 Å². The Bertz CT molecular complexity index is 638. The molecule has 0 radical (unpaired) electrons.